The number of rotatable bonds is 5. The van der Waals surface area contributed by atoms with E-state index in [9.17, 15) is 9.59 Å². The van der Waals surface area contributed by atoms with Crippen LogP contribution in [0.15, 0.2) is 51.7 Å². The van der Waals surface area contributed by atoms with Gasteiger partial charge in [0.15, 0.2) is 22.1 Å². The van der Waals surface area contributed by atoms with Gasteiger partial charge in [0.2, 0.25) is 5.76 Å². The lowest BCUT2D eigenvalue weighted by atomic mass is 9.98. The van der Waals surface area contributed by atoms with E-state index in [-0.39, 0.29) is 17.1 Å². The molecule has 1 atom stereocenters. The van der Waals surface area contributed by atoms with Crippen molar-refractivity contribution in [3.05, 3.63) is 80.1 Å². The summed E-state index contributed by atoms with van der Waals surface area (Å²) in [6.45, 7) is 6.23. The minimum atomic E-state index is -0.706. The van der Waals surface area contributed by atoms with Gasteiger partial charge in [0.1, 0.15) is 5.58 Å². The number of methoxy groups -OCH3 is 1. The largest absolute Gasteiger partial charge is 0.493 e. The fraction of sp³-hybridized carbons (Fsp3) is 0.240. The van der Waals surface area contributed by atoms with Crippen molar-refractivity contribution >= 4 is 33.3 Å². The summed E-state index contributed by atoms with van der Waals surface area (Å²) in [5, 5.41) is 0.947. The van der Waals surface area contributed by atoms with E-state index in [1.807, 2.05) is 26.8 Å². The molecule has 5 rings (SSSR count). The zero-order valence-electron chi connectivity index (χ0n) is 18.7. The Morgan fingerprint density at radius 3 is 2.61 bits per heavy atom. The standard InChI is InChI=1S/C25H22N2O5S/c1-5-31-18-11-10-15(12-19(18)30-4)21-20-22(28)16-8-6-7-9-17(16)32-23(20)24(29)27(21)25-26-13(2)14(3)33-25/h6-12,21H,5H2,1-4H3. The number of nitrogens with zero attached hydrogens (tertiary/aromatic N) is 2. The lowest BCUT2D eigenvalue weighted by Gasteiger charge is -2.23. The lowest BCUT2D eigenvalue weighted by Crippen LogP contribution is -2.29. The van der Waals surface area contributed by atoms with Gasteiger partial charge in [-0.3, -0.25) is 14.5 Å². The van der Waals surface area contributed by atoms with Crippen molar-refractivity contribution in [1.82, 2.24) is 4.98 Å². The highest BCUT2D eigenvalue weighted by molar-refractivity contribution is 7.15. The summed E-state index contributed by atoms with van der Waals surface area (Å²) >= 11 is 1.41. The quantitative estimate of drug-likeness (QED) is 0.414. The first-order chi connectivity index (χ1) is 15.9. The summed E-state index contributed by atoms with van der Waals surface area (Å²) in [7, 11) is 1.56. The van der Waals surface area contributed by atoms with E-state index in [4.69, 9.17) is 13.9 Å². The van der Waals surface area contributed by atoms with Crippen LogP contribution >= 0.6 is 11.3 Å². The Bertz CT molecular complexity index is 1440. The number of aromatic nitrogens is 1. The van der Waals surface area contributed by atoms with Crippen molar-refractivity contribution < 1.29 is 18.7 Å². The zero-order valence-corrected chi connectivity index (χ0v) is 19.5. The number of ether oxygens (including phenoxy) is 2. The molecule has 0 bridgehead atoms. The number of aryl methyl sites for hydroxylation is 2. The van der Waals surface area contributed by atoms with Crippen LogP contribution in [0.4, 0.5) is 5.13 Å². The van der Waals surface area contributed by atoms with Gasteiger partial charge in [-0.15, -0.1) is 11.3 Å². The lowest BCUT2D eigenvalue weighted by molar-refractivity contribution is 0.0971. The molecular formula is C25H22N2O5S. The van der Waals surface area contributed by atoms with Gasteiger partial charge in [0, 0.05) is 4.88 Å². The molecule has 2 aromatic heterocycles. The van der Waals surface area contributed by atoms with E-state index in [0.29, 0.717) is 45.3 Å². The first-order valence-electron chi connectivity index (χ1n) is 10.6. The number of anilines is 1. The summed E-state index contributed by atoms with van der Waals surface area (Å²) in [5.41, 5.74) is 1.99. The van der Waals surface area contributed by atoms with Gasteiger partial charge in [-0.2, -0.15) is 0 Å². The van der Waals surface area contributed by atoms with Gasteiger partial charge in [0.25, 0.3) is 5.91 Å². The normalized spacial score (nSPS) is 15.2. The van der Waals surface area contributed by atoms with Crippen molar-refractivity contribution in [2.75, 3.05) is 18.6 Å². The van der Waals surface area contributed by atoms with Crippen molar-refractivity contribution in [2.24, 2.45) is 0 Å². The topological polar surface area (TPSA) is 81.9 Å². The third-order valence-electron chi connectivity index (χ3n) is 5.80. The van der Waals surface area contributed by atoms with Crippen LogP contribution in [0.3, 0.4) is 0 Å². The molecule has 0 radical (unpaired) electrons. The SMILES string of the molecule is CCOc1ccc(C2c3c(oc4ccccc4c3=O)C(=O)N2c2nc(C)c(C)s2)cc1OC. The molecule has 0 aliphatic carbocycles. The average molecular weight is 463 g/mol. The predicted octanol–water partition coefficient (Wildman–Crippen LogP) is 5.02. The average Bonchev–Trinajstić information content (AvgIpc) is 3.30. The summed E-state index contributed by atoms with van der Waals surface area (Å²) in [6, 6.07) is 11.7. The van der Waals surface area contributed by atoms with Crippen LogP contribution in [0.2, 0.25) is 0 Å². The maximum absolute atomic E-state index is 13.6. The van der Waals surface area contributed by atoms with E-state index in [2.05, 4.69) is 4.98 Å². The van der Waals surface area contributed by atoms with Crippen molar-refractivity contribution in [3.8, 4) is 11.5 Å². The summed E-state index contributed by atoms with van der Waals surface area (Å²) in [5.74, 6) is 0.764. The molecule has 168 valence electrons. The molecule has 3 heterocycles. The summed E-state index contributed by atoms with van der Waals surface area (Å²) in [4.78, 5) is 34.4. The van der Waals surface area contributed by atoms with Crippen molar-refractivity contribution in [1.29, 1.82) is 0 Å². The van der Waals surface area contributed by atoms with Crippen LogP contribution in [0.1, 0.15) is 45.2 Å². The fourth-order valence-corrected chi connectivity index (χ4v) is 5.06. The molecule has 0 saturated carbocycles. The fourth-order valence-electron chi connectivity index (χ4n) is 4.12. The highest BCUT2D eigenvalue weighted by Crippen LogP contribution is 2.44. The number of amides is 1. The number of carbonyl (C=O) groups excluding carboxylic acids is 1. The number of fused-ring (bicyclic) bond motifs is 2. The van der Waals surface area contributed by atoms with Crippen LogP contribution in [-0.2, 0) is 0 Å². The molecule has 0 saturated heterocycles. The highest BCUT2D eigenvalue weighted by Gasteiger charge is 2.45. The van der Waals surface area contributed by atoms with Gasteiger partial charge in [0.05, 0.1) is 36.4 Å². The van der Waals surface area contributed by atoms with E-state index in [1.54, 1.807) is 48.4 Å². The molecule has 1 aliphatic heterocycles. The van der Waals surface area contributed by atoms with Crippen LogP contribution in [0.25, 0.3) is 11.0 Å². The number of carbonyl (C=O) groups is 1. The maximum Gasteiger partial charge on any atom is 0.297 e. The van der Waals surface area contributed by atoms with Crippen LogP contribution < -0.4 is 19.8 Å². The van der Waals surface area contributed by atoms with Crippen LogP contribution in [-0.4, -0.2) is 24.6 Å². The number of thiazole rings is 1. The van der Waals surface area contributed by atoms with Crippen molar-refractivity contribution in [3.63, 3.8) is 0 Å². The van der Waals surface area contributed by atoms with E-state index >= 15 is 0 Å². The number of hydrogen-bond acceptors (Lipinski definition) is 7. The van der Waals surface area contributed by atoms with Gasteiger partial charge in [-0.25, -0.2) is 4.98 Å². The molecule has 0 fully saturated rings. The van der Waals surface area contributed by atoms with E-state index in [1.165, 1.54) is 11.3 Å². The van der Waals surface area contributed by atoms with Gasteiger partial charge in [-0.1, -0.05) is 18.2 Å². The first kappa shape index (κ1) is 21.2. The van der Waals surface area contributed by atoms with Crippen molar-refractivity contribution in [2.45, 2.75) is 26.8 Å². The predicted molar refractivity (Wildman–Crippen MR) is 127 cm³/mol. The first-order valence-corrected chi connectivity index (χ1v) is 11.4. The second kappa shape index (κ2) is 8.04. The van der Waals surface area contributed by atoms with Gasteiger partial charge >= 0.3 is 0 Å². The Kier molecular flexibility index (Phi) is 5.17. The van der Waals surface area contributed by atoms with Gasteiger partial charge < -0.3 is 13.9 Å². The molecule has 4 aromatic rings. The smallest absolute Gasteiger partial charge is 0.297 e. The molecule has 0 spiro atoms. The van der Waals surface area contributed by atoms with E-state index < -0.39 is 6.04 Å². The van der Waals surface area contributed by atoms with E-state index in [0.717, 1.165) is 10.6 Å². The number of para-hydroxylation sites is 1. The van der Waals surface area contributed by atoms with Crippen LogP contribution in [0.5, 0.6) is 11.5 Å². The Hall–Kier alpha value is -3.65. The Morgan fingerprint density at radius 2 is 1.91 bits per heavy atom. The molecule has 2 aromatic carbocycles. The Morgan fingerprint density at radius 1 is 1.12 bits per heavy atom. The minimum Gasteiger partial charge on any atom is -0.493 e. The Labute approximate surface area is 194 Å². The number of hydrogen-bond donors (Lipinski definition) is 0. The molecule has 1 unspecified atom stereocenters. The highest BCUT2D eigenvalue weighted by atomic mass is 32.1. The molecule has 1 amide bonds. The zero-order chi connectivity index (χ0) is 23.3. The molecule has 1 aliphatic rings. The second-order valence-electron chi connectivity index (χ2n) is 7.73. The molecule has 8 heteroatoms. The molecule has 0 N–H and O–H groups in total. The summed E-state index contributed by atoms with van der Waals surface area (Å²) < 4.78 is 17.2. The third kappa shape index (κ3) is 3.29. The second-order valence-corrected chi connectivity index (χ2v) is 8.91. The minimum absolute atomic E-state index is 0.0436. The van der Waals surface area contributed by atoms with Gasteiger partial charge in [-0.05, 0) is 50.6 Å². The maximum atomic E-state index is 13.6. The Balaban J connectivity index is 1.78. The molecule has 7 nitrogen and oxygen atoms in total. The monoisotopic (exact) mass is 462 g/mol. The number of benzene rings is 2. The van der Waals surface area contributed by atoms with Crippen LogP contribution in [0, 0.1) is 13.8 Å². The molecule has 33 heavy (non-hydrogen) atoms. The molecular weight excluding hydrogens is 440 g/mol. The third-order valence-corrected chi connectivity index (χ3v) is 6.88. The summed E-state index contributed by atoms with van der Waals surface area (Å²) in [6.07, 6.45) is 0.